The summed E-state index contributed by atoms with van der Waals surface area (Å²) in [7, 11) is 3.64. The van der Waals surface area contributed by atoms with Crippen LogP contribution < -0.4 is 20.5 Å². The predicted molar refractivity (Wildman–Crippen MR) is 178 cm³/mol. The van der Waals surface area contributed by atoms with Crippen LogP contribution in [0.3, 0.4) is 0 Å². The van der Waals surface area contributed by atoms with Crippen molar-refractivity contribution in [1.29, 1.82) is 0 Å². The number of ether oxygens (including phenoxy) is 2. The zero-order chi connectivity index (χ0) is 32.8. The molecule has 10 nitrogen and oxygen atoms in total. The van der Waals surface area contributed by atoms with Crippen LogP contribution in [0.5, 0.6) is 5.75 Å². The van der Waals surface area contributed by atoms with E-state index in [1.54, 1.807) is 53.9 Å². The average Bonchev–Trinajstić information content (AvgIpc) is 3.42. The standard InChI is InChI=1S/C35H36FN5O5S/c1-20(42)45-19-28-27(13-22(36)14-30(28)41-11-10-26-25-6-4-5-7-31(25)47-33(26)35(41)44)21-12-29(34(43)40(3)16-21)38-32-9-8-23(15-37-32)46-24-17-39(2)18-24/h8-9,12-16,24H,4-7,10-11,17-19H2,1-3H3,(H,37,38). The van der Waals surface area contributed by atoms with Gasteiger partial charge in [0.05, 0.1) is 16.8 Å². The van der Waals surface area contributed by atoms with E-state index in [-0.39, 0.29) is 29.9 Å². The highest BCUT2D eigenvalue weighted by atomic mass is 32.1. The highest BCUT2D eigenvalue weighted by Gasteiger charge is 2.34. The lowest BCUT2D eigenvalue weighted by atomic mass is 9.91. The van der Waals surface area contributed by atoms with Gasteiger partial charge in [0.2, 0.25) is 0 Å². The first kappa shape index (κ1) is 31.1. The number of amides is 1. The summed E-state index contributed by atoms with van der Waals surface area (Å²) in [6, 6.07) is 7.82. The van der Waals surface area contributed by atoms with Crippen LogP contribution in [0.2, 0.25) is 0 Å². The van der Waals surface area contributed by atoms with Gasteiger partial charge in [-0.25, -0.2) is 9.37 Å². The Morgan fingerprint density at radius 1 is 1.09 bits per heavy atom. The normalized spacial score (nSPS) is 16.3. The molecule has 47 heavy (non-hydrogen) atoms. The van der Waals surface area contributed by atoms with Crippen molar-refractivity contribution in [2.75, 3.05) is 36.9 Å². The van der Waals surface area contributed by atoms with E-state index < -0.39 is 11.8 Å². The zero-order valence-corrected chi connectivity index (χ0v) is 27.4. The van der Waals surface area contributed by atoms with Crippen molar-refractivity contribution in [3.05, 3.63) is 85.3 Å². The lowest BCUT2D eigenvalue weighted by Crippen LogP contribution is -2.51. The maximum atomic E-state index is 15.5. The minimum absolute atomic E-state index is 0.125. The lowest BCUT2D eigenvalue weighted by molar-refractivity contribution is -0.142. The molecule has 7 rings (SSSR count). The van der Waals surface area contributed by atoms with Gasteiger partial charge < -0.3 is 24.3 Å². The molecule has 0 unspecified atom stereocenters. The van der Waals surface area contributed by atoms with Gasteiger partial charge in [-0.3, -0.25) is 19.3 Å². The summed E-state index contributed by atoms with van der Waals surface area (Å²) in [5, 5.41) is 3.09. The topological polar surface area (TPSA) is 106 Å². The van der Waals surface area contributed by atoms with Crippen LogP contribution in [0.4, 0.5) is 21.6 Å². The molecular formula is C35H36FN5O5S. The fourth-order valence-electron chi connectivity index (χ4n) is 6.71. The van der Waals surface area contributed by atoms with E-state index >= 15 is 4.39 Å². The number of carbonyl (C=O) groups is 2. The highest BCUT2D eigenvalue weighted by Crippen LogP contribution is 2.41. The number of aryl methyl sites for hydroxylation is 2. The van der Waals surface area contributed by atoms with Crippen LogP contribution in [0, 0.1) is 5.82 Å². The molecule has 1 amide bonds. The largest absolute Gasteiger partial charge is 0.486 e. The van der Waals surface area contributed by atoms with Crippen molar-refractivity contribution in [2.45, 2.75) is 51.7 Å². The van der Waals surface area contributed by atoms with E-state index in [0.29, 0.717) is 51.8 Å². The van der Waals surface area contributed by atoms with E-state index in [1.807, 2.05) is 7.05 Å². The molecule has 1 aromatic carbocycles. The van der Waals surface area contributed by atoms with E-state index in [4.69, 9.17) is 9.47 Å². The number of esters is 1. The number of nitrogens with one attached hydrogen (secondary N) is 1. The zero-order valence-electron chi connectivity index (χ0n) is 26.6. The first-order valence-electron chi connectivity index (χ1n) is 15.8. The first-order valence-corrected chi connectivity index (χ1v) is 16.7. The van der Waals surface area contributed by atoms with Crippen molar-refractivity contribution in [2.24, 2.45) is 7.05 Å². The second kappa shape index (κ2) is 12.6. The number of benzene rings is 1. The first-order chi connectivity index (χ1) is 22.6. The number of rotatable bonds is 8. The molecule has 12 heteroatoms. The van der Waals surface area contributed by atoms with Crippen molar-refractivity contribution in [1.82, 2.24) is 14.5 Å². The van der Waals surface area contributed by atoms with Gasteiger partial charge in [0.15, 0.2) is 0 Å². The van der Waals surface area contributed by atoms with Gasteiger partial charge >= 0.3 is 5.97 Å². The van der Waals surface area contributed by atoms with Crippen molar-refractivity contribution in [3.63, 3.8) is 0 Å². The quantitative estimate of drug-likeness (QED) is 0.257. The Morgan fingerprint density at radius 3 is 2.64 bits per heavy atom. The molecule has 2 aliphatic heterocycles. The van der Waals surface area contributed by atoms with Gasteiger partial charge in [-0.2, -0.15) is 0 Å². The molecule has 0 radical (unpaired) electrons. The summed E-state index contributed by atoms with van der Waals surface area (Å²) in [5.41, 5.74) is 4.09. The number of hydrogen-bond donors (Lipinski definition) is 1. The number of carbonyl (C=O) groups excluding carboxylic acids is 2. The van der Waals surface area contributed by atoms with Gasteiger partial charge in [0.25, 0.3) is 11.5 Å². The molecule has 244 valence electrons. The third-order valence-electron chi connectivity index (χ3n) is 9.03. The van der Waals surface area contributed by atoms with Gasteiger partial charge in [-0.05, 0) is 86.2 Å². The van der Waals surface area contributed by atoms with Gasteiger partial charge in [0.1, 0.15) is 35.8 Å². The Balaban J connectivity index is 1.24. The van der Waals surface area contributed by atoms with Crippen LogP contribution >= 0.6 is 11.3 Å². The Morgan fingerprint density at radius 2 is 1.89 bits per heavy atom. The minimum Gasteiger partial charge on any atom is -0.486 e. The number of pyridine rings is 2. The number of hydrogen-bond acceptors (Lipinski definition) is 9. The fraction of sp³-hybridized carbons (Fsp3) is 0.371. The second-order valence-electron chi connectivity index (χ2n) is 12.5. The van der Waals surface area contributed by atoms with Crippen LogP contribution in [0.25, 0.3) is 11.1 Å². The van der Waals surface area contributed by atoms with Gasteiger partial charge in [-0.15, -0.1) is 11.3 Å². The summed E-state index contributed by atoms with van der Waals surface area (Å²) >= 11 is 1.55. The number of anilines is 3. The average molecular weight is 658 g/mol. The van der Waals surface area contributed by atoms with Crippen LogP contribution in [-0.2, 0) is 42.4 Å². The fourth-order valence-corrected chi connectivity index (χ4v) is 8.10. The summed E-state index contributed by atoms with van der Waals surface area (Å²) in [6.07, 6.45) is 8.23. The molecule has 0 atom stereocenters. The minimum atomic E-state index is -0.552. The Hall–Kier alpha value is -4.55. The maximum absolute atomic E-state index is 15.5. The molecule has 3 aliphatic rings. The summed E-state index contributed by atoms with van der Waals surface area (Å²) in [6.45, 7) is 3.22. The van der Waals surface area contributed by atoms with E-state index in [0.717, 1.165) is 44.3 Å². The third kappa shape index (κ3) is 6.15. The molecule has 3 aromatic heterocycles. The number of fused-ring (bicyclic) bond motifs is 3. The Bertz CT molecular complexity index is 1930. The van der Waals surface area contributed by atoms with Crippen molar-refractivity contribution >= 4 is 40.4 Å². The van der Waals surface area contributed by atoms with Gasteiger partial charge in [-0.1, -0.05) is 0 Å². The SMILES string of the molecule is CC(=O)OCc1c(-c2cc(Nc3ccc(OC4CN(C)C4)cn3)c(=O)n(C)c2)cc(F)cc1N1CCc2c(sc3c2CCCC3)C1=O. The molecule has 1 saturated heterocycles. The molecule has 0 saturated carbocycles. The number of likely N-dealkylation sites (tertiary alicyclic amines) is 1. The van der Waals surface area contributed by atoms with E-state index in [2.05, 4.69) is 15.2 Å². The Kier molecular flexibility index (Phi) is 8.31. The molecular weight excluding hydrogens is 621 g/mol. The van der Waals surface area contributed by atoms with E-state index in [1.165, 1.54) is 34.1 Å². The van der Waals surface area contributed by atoms with Gasteiger partial charge in [0, 0.05) is 55.8 Å². The summed E-state index contributed by atoms with van der Waals surface area (Å²) in [4.78, 5) is 49.4. The van der Waals surface area contributed by atoms with E-state index in [9.17, 15) is 14.4 Å². The van der Waals surface area contributed by atoms with Crippen molar-refractivity contribution < 1.29 is 23.5 Å². The third-order valence-corrected chi connectivity index (χ3v) is 10.4. The molecule has 1 fully saturated rings. The van der Waals surface area contributed by atoms with Crippen molar-refractivity contribution in [3.8, 4) is 16.9 Å². The monoisotopic (exact) mass is 657 g/mol. The molecule has 0 bridgehead atoms. The van der Waals surface area contributed by atoms with Crippen LogP contribution in [0.15, 0.2) is 47.5 Å². The molecule has 0 spiro atoms. The lowest BCUT2D eigenvalue weighted by Gasteiger charge is -2.35. The summed E-state index contributed by atoms with van der Waals surface area (Å²) in [5.74, 6) is -0.151. The van der Waals surface area contributed by atoms with Crippen LogP contribution in [-0.4, -0.2) is 59.1 Å². The summed E-state index contributed by atoms with van der Waals surface area (Å²) < 4.78 is 28.3. The molecule has 1 N–H and O–H groups in total. The number of thiophene rings is 1. The van der Waals surface area contributed by atoms with Crippen LogP contribution in [0.1, 0.15) is 51.0 Å². The maximum Gasteiger partial charge on any atom is 0.302 e. The molecule has 5 heterocycles. The molecule has 4 aromatic rings. The highest BCUT2D eigenvalue weighted by molar-refractivity contribution is 7.14. The Labute approximate surface area is 275 Å². The smallest absolute Gasteiger partial charge is 0.302 e. The molecule has 1 aliphatic carbocycles. The number of halogens is 1. The second-order valence-corrected chi connectivity index (χ2v) is 13.6. The number of nitrogens with zero attached hydrogens (tertiary/aromatic N) is 4. The predicted octanol–water partition coefficient (Wildman–Crippen LogP) is 5.23. The number of aromatic nitrogens is 2. The number of likely N-dealkylation sites (N-methyl/N-ethyl adjacent to an activating group) is 1.